The smallest absolute Gasteiger partial charge is 0.378 e. The van der Waals surface area contributed by atoms with Crippen molar-refractivity contribution in [2.75, 3.05) is 19.6 Å². The number of aromatic amines is 1. The summed E-state index contributed by atoms with van der Waals surface area (Å²) in [6.45, 7) is 4.15. The van der Waals surface area contributed by atoms with E-state index in [-0.39, 0.29) is 23.9 Å². The van der Waals surface area contributed by atoms with Gasteiger partial charge in [0.25, 0.3) is 0 Å². The highest BCUT2D eigenvalue weighted by atomic mass is 35.5. The summed E-state index contributed by atoms with van der Waals surface area (Å²) < 4.78 is 48.1. The number of rotatable bonds is 4. The monoisotopic (exact) mass is 466 g/mol. The minimum atomic E-state index is -4.18. The molecule has 3 aromatic rings. The van der Waals surface area contributed by atoms with E-state index in [1.807, 2.05) is 10.8 Å². The van der Waals surface area contributed by atoms with Crippen LogP contribution in [0.5, 0.6) is 0 Å². The number of halogens is 4. The Morgan fingerprint density at radius 2 is 2.16 bits per heavy atom. The Balaban J connectivity index is 1.74. The largest absolute Gasteiger partial charge is 0.390 e. The van der Waals surface area contributed by atoms with Gasteiger partial charge in [0, 0.05) is 54.6 Å². The van der Waals surface area contributed by atoms with Gasteiger partial charge < -0.3 is 14.6 Å². The number of pyridine rings is 1. The molecule has 1 aliphatic heterocycles. The standard InChI is InChI=1S/C22H23ClF3N5O/c1-21(2,32)5-3-14-9-16-18(17-10-28-29-20(17)23)13-31(19(16)11-27-14)15-4-7-30(12-15)8-6-22(24,25)26/h9-11,13,15,32H,4,6-8,12H2,1-2H3,(H,28,29)/t15-/m0/s1/i10D. The Hall–Kier alpha value is -2.54. The van der Waals surface area contributed by atoms with Crippen LogP contribution in [0.3, 0.4) is 0 Å². The maximum absolute atomic E-state index is 12.6. The molecule has 0 bridgehead atoms. The fourth-order valence-electron chi connectivity index (χ4n) is 3.88. The van der Waals surface area contributed by atoms with Crippen molar-refractivity contribution in [3.05, 3.63) is 35.5 Å². The number of hydrogen-bond acceptors (Lipinski definition) is 4. The number of nitrogens with one attached hydrogen (secondary N) is 1. The fourth-order valence-corrected chi connectivity index (χ4v) is 4.07. The molecule has 3 aromatic heterocycles. The van der Waals surface area contributed by atoms with Crippen LogP contribution < -0.4 is 0 Å². The van der Waals surface area contributed by atoms with E-state index in [0.717, 1.165) is 10.9 Å². The topological polar surface area (TPSA) is 70.0 Å². The van der Waals surface area contributed by atoms with Gasteiger partial charge in [-0.25, -0.2) is 4.98 Å². The predicted molar refractivity (Wildman–Crippen MR) is 116 cm³/mol. The van der Waals surface area contributed by atoms with Gasteiger partial charge >= 0.3 is 6.18 Å². The molecule has 4 rings (SSSR count). The van der Waals surface area contributed by atoms with Gasteiger partial charge in [0.05, 0.1) is 19.5 Å². The van der Waals surface area contributed by atoms with Gasteiger partial charge in [0.2, 0.25) is 0 Å². The zero-order valence-corrected chi connectivity index (χ0v) is 18.3. The summed E-state index contributed by atoms with van der Waals surface area (Å²) in [6.07, 6.45) is -0.768. The molecule has 0 unspecified atom stereocenters. The lowest BCUT2D eigenvalue weighted by molar-refractivity contribution is -0.137. The number of aromatic nitrogens is 4. The molecule has 0 amide bonds. The van der Waals surface area contributed by atoms with Crippen molar-refractivity contribution in [2.45, 2.75) is 44.5 Å². The van der Waals surface area contributed by atoms with E-state index in [0.29, 0.717) is 36.3 Å². The van der Waals surface area contributed by atoms with Gasteiger partial charge in [-0.1, -0.05) is 17.5 Å². The molecule has 1 saturated heterocycles. The minimum absolute atomic E-state index is 0.0363. The number of hydrogen-bond donors (Lipinski definition) is 2. The van der Waals surface area contributed by atoms with Gasteiger partial charge in [0.1, 0.15) is 11.3 Å². The molecule has 1 aliphatic rings. The van der Waals surface area contributed by atoms with E-state index in [9.17, 15) is 18.3 Å². The molecule has 4 heterocycles. The Morgan fingerprint density at radius 3 is 2.81 bits per heavy atom. The molecule has 170 valence electrons. The van der Waals surface area contributed by atoms with E-state index in [1.54, 1.807) is 31.0 Å². The van der Waals surface area contributed by atoms with Crippen molar-refractivity contribution in [3.8, 4) is 23.0 Å². The van der Waals surface area contributed by atoms with Gasteiger partial charge in [0.15, 0.2) is 5.15 Å². The molecule has 0 aromatic carbocycles. The summed E-state index contributed by atoms with van der Waals surface area (Å²) in [5.74, 6) is 5.59. The van der Waals surface area contributed by atoms with Crippen molar-refractivity contribution >= 4 is 22.5 Å². The average Bonchev–Trinajstić information content (AvgIpc) is 3.41. The van der Waals surface area contributed by atoms with Crippen molar-refractivity contribution in [1.82, 2.24) is 24.6 Å². The van der Waals surface area contributed by atoms with Crippen LogP contribution in [0.1, 0.15) is 39.8 Å². The first kappa shape index (κ1) is 21.3. The third kappa shape index (κ3) is 5.09. The lowest BCUT2D eigenvalue weighted by atomic mass is 10.1. The number of likely N-dealkylation sites (tertiary alicyclic amines) is 1. The molecular weight excluding hydrogens is 443 g/mol. The highest BCUT2D eigenvalue weighted by Gasteiger charge is 2.31. The van der Waals surface area contributed by atoms with E-state index in [1.165, 1.54) is 0 Å². The van der Waals surface area contributed by atoms with Crippen LogP contribution in [0.2, 0.25) is 5.15 Å². The van der Waals surface area contributed by atoms with Crippen molar-refractivity contribution in [1.29, 1.82) is 0 Å². The molecule has 0 radical (unpaired) electrons. The van der Waals surface area contributed by atoms with E-state index >= 15 is 0 Å². The van der Waals surface area contributed by atoms with Crippen LogP contribution in [0.15, 0.2) is 24.6 Å². The van der Waals surface area contributed by atoms with E-state index in [4.69, 9.17) is 13.0 Å². The molecule has 32 heavy (non-hydrogen) atoms. The number of aliphatic hydroxyl groups is 1. The maximum Gasteiger partial charge on any atom is 0.390 e. The van der Waals surface area contributed by atoms with Crippen molar-refractivity contribution in [2.24, 2.45) is 0 Å². The highest BCUT2D eigenvalue weighted by Crippen LogP contribution is 2.37. The van der Waals surface area contributed by atoms with Crippen LogP contribution >= 0.6 is 11.6 Å². The Kier molecular flexibility index (Phi) is 5.61. The number of nitrogens with zero attached hydrogens (tertiary/aromatic N) is 4. The molecular formula is C22H23ClF3N5O. The third-order valence-electron chi connectivity index (χ3n) is 5.38. The lowest BCUT2D eigenvalue weighted by Crippen LogP contribution is -2.26. The fraction of sp³-hybridized carbons (Fsp3) is 0.455. The first-order chi connectivity index (χ1) is 15.4. The second-order valence-electron chi connectivity index (χ2n) is 8.47. The first-order valence-corrected chi connectivity index (χ1v) is 10.5. The summed E-state index contributed by atoms with van der Waals surface area (Å²) in [5, 5.41) is 17.3. The third-order valence-corrected chi connectivity index (χ3v) is 5.65. The molecule has 10 heteroatoms. The number of alkyl halides is 3. The Morgan fingerprint density at radius 1 is 1.38 bits per heavy atom. The summed E-state index contributed by atoms with van der Waals surface area (Å²) in [5.41, 5.74) is 1.11. The second kappa shape index (κ2) is 8.43. The summed E-state index contributed by atoms with van der Waals surface area (Å²) in [7, 11) is 0. The minimum Gasteiger partial charge on any atom is -0.378 e. The quantitative estimate of drug-likeness (QED) is 0.559. The second-order valence-corrected chi connectivity index (χ2v) is 8.83. The Labute approximate surface area is 189 Å². The molecule has 0 spiro atoms. The predicted octanol–water partition coefficient (Wildman–Crippen LogP) is 4.40. The number of fused-ring (bicyclic) bond motifs is 1. The molecule has 6 nitrogen and oxygen atoms in total. The van der Waals surface area contributed by atoms with Gasteiger partial charge in [-0.15, -0.1) is 0 Å². The molecule has 2 N–H and O–H groups in total. The molecule has 0 saturated carbocycles. The average molecular weight is 467 g/mol. The summed E-state index contributed by atoms with van der Waals surface area (Å²) in [6, 6.07) is 1.71. The lowest BCUT2D eigenvalue weighted by Gasteiger charge is -2.18. The van der Waals surface area contributed by atoms with E-state index in [2.05, 4.69) is 27.0 Å². The highest BCUT2D eigenvalue weighted by molar-refractivity contribution is 6.32. The SMILES string of the molecule is [2H]c1[nH]nc(Cl)c1-c1cn([C@H]2CCN(CCC(F)(F)F)C2)c2cnc(C#CC(C)(C)O)cc12. The van der Waals surface area contributed by atoms with Gasteiger partial charge in [-0.05, 0) is 32.3 Å². The zero-order valence-electron chi connectivity index (χ0n) is 18.6. The molecule has 1 fully saturated rings. The van der Waals surface area contributed by atoms with Crippen LogP contribution in [-0.2, 0) is 0 Å². The first-order valence-electron chi connectivity index (χ1n) is 10.7. The Bertz CT molecular complexity index is 1220. The number of H-pyrrole nitrogens is 1. The van der Waals surface area contributed by atoms with Gasteiger partial charge in [-0.3, -0.25) is 5.10 Å². The normalized spacial score (nSPS) is 18.1. The van der Waals surface area contributed by atoms with Crippen LogP contribution in [0.25, 0.3) is 22.0 Å². The summed E-state index contributed by atoms with van der Waals surface area (Å²) in [4.78, 5) is 6.20. The zero-order chi connectivity index (χ0) is 24.0. The summed E-state index contributed by atoms with van der Waals surface area (Å²) >= 11 is 6.25. The maximum atomic E-state index is 12.6. The van der Waals surface area contributed by atoms with Crippen LogP contribution in [0, 0.1) is 11.8 Å². The van der Waals surface area contributed by atoms with Crippen molar-refractivity contribution < 1.29 is 19.6 Å². The molecule has 0 aliphatic carbocycles. The van der Waals surface area contributed by atoms with Crippen LogP contribution in [0.4, 0.5) is 13.2 Å². The van der Waals surface area contributed by atoms with Crippen LogP contribution in [-0.4, -0.2) is 61.2 Å². The van der Waals surface area contributed by atoms with E-state index < -0.39 is 18.2 Å². The molecule has 1 atom stereocenters. The van der Waals surface area contributed by atoms with Gasteiger partial charge in [-0.2, -0.15) is 18.3 Å². The van der Waals surface area contributed by atoms with Crippen molar-refractivity contribution in [3.63, 3.8) is 0 Å².